The molecule has 6 atom stereocenters. The molecular weight excluding hydrogens is 2020 g/mol. The Morgan fingerprint density at radius 2 is 0.835 bits per heavy atom. The van der Waals surface area contributed by atoms with Crippen molar-refractivity contribution < 1.29 is 47.1 Å². The summed E-state index contributed by atoms with van der Waals surface area (Å²) in [5.41, 5.74) is 4.30. The molecule has 6 amide bonds. The molecule has 0 saturated carbocycles. The van der Waals surface area contributed by atoms with Crippen LogP contribution < -0.4 is 21.3 Å². The van der Waals surface area contributed by atoms with E-state index in [4.69, 9.17) is 22.4 Å². The lowest BCUT2D eigenvalue weighted by atomic mass is 10.0. The maximum Gasteiger partial charge on any atom is 0.251 e. The normalized spacial score (nSPS) is 15.7. The summed E-state index contributed by atoms with van der Waals surface area (Å²) in [6.07, 6.45) is 3.10. The Labute approximate surface area is 717 Å². The minimum absolute atomic E-state index is 0.156. The van der Waals surface area contributed by atoms with Crippen molar-refractivity contribution in [1.82, 2.24) is 69.9 Å². The van der Waals surface area contributed by atoms with Gasteiger partial charge in [0.05, 0.1) is 29.7 Å². The maximum atomic E-state index is 15.6. The number of aromatic nitrogens is 10. The first-order valence-corrected chi connectivity index (χ1v) is 62.0. The highest BCUT2D eigenvalue weighted by molar-refractivity contribution is 9.10. The number of benzene rings is 2. The number of anilines is 2. The molecule has 0 radical (unpaired) electrons. The van der Waals surface area contributed by atoms with E-state index in [9.17, 15) is 38.4 Å². The van der Waals surface area contributed by atoms with Crippen LogP contribution in [0.25, 0.3) is 44.1 Å². The highest BCUT2D eigenvalue weighted by Crippen LogP contribution is 2.31. The summed E-state index contributed by atoms with van der Waals surface area (Å²) < 4.78 is 34.5. The molecule has 2 saturated heterocycles. The molecule has 582 valence electrons. The highest BCUT2D eigenvalue weighted by atomic mass is 79.9. The van der Waals surface area contributed by atoms with Gasteiger partial charge in [-0.15, -0.1) is 0 Å². The van der Waals surface area contributed by atoms with Gasteiger partial charge >= 0.3 is 0 Å². The number of hydrogen-bond acceptors (Lipinski definition) is 20. The van der Waals surface area contributed by atoms with E-state index in [0.717, 1.165) is 32.1 Å². The lowest BCUT2D eigenvalue weighted by molar-refractivity contribution is -0.138. The fourth-order valence-electron chi connectivity index (χ4n) is 10.1. The molecular formula is C56H52Br2F2N16O8S25. The number of pyridine rings is 2. The summed E-state index contributed by atoms with van der Waals surface area (Å²) >= 11 is 25.2. The monoisotopic (exact) mass is 2070 g/mol. The number of nitrogens with one attached hydrogen (secondary N) is 4. The summed E-state index contributed by atoms with van der Waals surface area (Å²) in [7, 11) is 34.4. The summed E-state index contributed by atoms with van der Waals surface area (Å²) in [6.45, 7) is 7.31. The van der Waals surface area contributed by atoms with Crippen LogP contribution in [0.1, 0.15) is 60.3 Å². The largest absolute Gasteiger partial charge is 0.349 e. The van der Waals surface area contributed by atoms with E-state index in [1.54, 1.807) is 256 Å². The van der Waals surface area contributed by atoms with Crippen molar-refractivity contribution in [1.29, 1.82) is 0 Å². The molecule has 53 heteroatoms. The van der Waals surface area contributed by atoms with E-state index in [-0.39, 0.29) is 54.2 Å². The van der Waals surface area contributed by atoms with Gasteiger partial charge in [0.1, 0.15) is 75.2 Å². The molecule has 2 aliphatic heterocycles. The van der Waals surface area contributed by atoms with Crippen LogP contribution >= 0.6 is 31.9 Å². The van der Waals surface area contributed by atoms with E-state index in [1.165, 1.54) is 78.6 Å². The number of ketones is 2. The molecule has 10 rings (SSSR count). The molecule has 0 aliphatic carbocycles. The van der Waals surface area contributed by atoms with Gasteiger partial charge in [-0.2, -0.15) is 10.2 Å². The molecule has 2 aromatic carbocycles. The molecule has 0 bridgehead atoms. The Balaban J connectivity index is 0.000000232. The number of carbonyl (C=O) groups is 8. The van der Waals surface area contributed by atoms with Crippen LogP contribution in [0, 0.1) is 13.8 Å². The second-order valence-electron chi connectivity index (χ2n) is 21.2. The van der Waals surface area contributed by atoms with Crippen LogP contribution in [-0.4, -0.2) is 156 Å². The van der Waals surface area contributed by atoms with Crippen LogP contribution in [0.15, 0.2) is 107 Å². The summed E-state index contributed by atoms with van der Waals surface area (Å²) in [6, 6.07) is 15.0. The number of nitrogens with zero attached hydrogens (tertiary/aromatic N) is 12. The third-order valence-corrected chi connectivity index (χ3v) is 57.3. The van der Waals surface area contributed by atoms with Crippen LogP contribution in [-0.2, 0) is 273 Å². The lowest BCUT2D eigenvalue weighted by Crippen LogP contribution is -2.54. The van der Waals surface area contributed by atoms with Crippen molar-refractivity contribution in [3.63, 3.8) is 0 Å². The standard InChI is InChI=1S/2C28H26BrFN8O4.S13.S12/c1-14(39)26-19-9-17(18-10-31-15(2)32-11-18)7-8-21(19)38(36-26)13-24(41)37-12-20(33-16(3)40)25(30)27(37)28(42)35-23-6-4-5-22(29)34-23;1-14(39)25-19-9-17(18-10-31-15(2)32-11-18)7-8-21(19)38(36-25)13-24(41)37-12-20(30)26(33-16(3)40)27(37)28(42)35-23-6-4-5-22(29)34-23;1-3-5-7-9-11-13-12-10-8-6-4-2;1-3-5-7-9-11-12-10-8-6-4-2/h4-11,20,25,27H,12-13H2,1-3H3,(H,33,40)(H,34,35,42);4-11,20,26-27H,12-13H2,1-3H3,(H,33,40)(H,34,35,42);;/t20-,25+,27+;20-,26+,27-;;/m10../s1. The number of likely N-dealkylation sites (tertiary alicyclic amines) is 2. The fourth-order valence-corrected chi connectivity index (χ4v) is 57.4. The first kappa shape index (κ1) is 92.5. The average Bonchev–Trinajstić information content (AvgIpc) is 1.64. The first-order chi connectivity index (χ1) is 52.4. The molecule has 0 unspecified atom stereocenters. The average molecular weight is 2080 g/mol. The summed E-state index contributed by atoms with van der Waals surface area (Å²) in [4.78, 5) is 130. The zero-order valence-electron chi connectivity index (χ0n) is 55.9. The Hall–Kier alpha value is -3.68. The number of hydrogen-bond donors (Lipinski definition) is 4. The quantitative estimate of drug-likeness (QED) is 0.0755. The number of rotatable bonds is 14. The minimum Gasteiger partial charge on any atom is -0.349 e. The second kappa shape index (κ2) is 48.6. The number of fused-ring (bicyclic) bond motifs is 2. The molecule has 8 aromatic rings. The SMILES string of the molecule is CC(=O)N[C@@H]1CN(C(=O)Cn2nc(C(C)=O)c3cc(-c4cnc(C)nc4)ccc32)[C@H](C(=O)Nc2cccc(Br)n2)[C@H]1F.CC(=O)N[C@H]1[C@@H](C(=O)Nc2cccc(Br)n2)N(C(=O)Cn2nc(C(C)=O)c3cc(-c4cnc(C)nc4)ccc32)C[C@@H]1F.S=S=S=S=S=S=S=S=S=S=S=S.S=S=S=S=S=S=S=S=S=S=S=S=S. The first-order valence-electron chi connectivity index (χ1n) is 29.8. The lowest BCUT2D eigenvalue weighted by Gasteiger charge is -2.27. The maximum absolute atomic E-state index is 15.6. The third-order valence-electron chi connectivity index (χ3n) is 14.2. The van der Waals surface area contributed by atoms with Crippen molar-refractivity contribution in [2.75, 3.05) is 23.7 Å². The predicted molar refractivity (Wildman–Crippen MR) is 492 cm³/mol. The second-order valence-corrected chi connectivity index (χ2v) is 60.0. The molecule has 6 aromatic heterocycles. The van der Waals surface area contributed by atoms with Crippen molar-refractivity contribution in [3.05, 3.63) is 130 Å². The van der Waals surface area contributed by atoms with Gasteiger partial charge in [0, 0.05) is 312 Å². The molecule has 2 aliphatic rings. The topological polar surface area (TPSA) is 304 Å². The van der Waals surface area contributed by atoms with Crippen molar-refractivity contribution in [3.8, 4) is 22.3 Å². The van der Waals surface area contributed by atoms with Gasteiger partial charge in [0.2, 0.25) is 23.6 Å². The Morgan fingerprint density at radius 3 is 1.18 bits per heavy atom. The fraction of sp³-hybridized carbons (Fsp3) is 0.286. The van der Waals surface area contributed by atoms with Crippen LogP contribution in [0.3, 0.4) is 0 Å². The van der Waals surface area contributed by atoms with E-state index in [1.807, 2.05) is 0 Å². The van der Waals surface area contributed by atoms with Crippen LogP contribution in [0.2, 0.25) is 0 Å². The molecule has 8 heterocycles. The molecule has 0 spiro atoms. The zero-order chi connectivity index (χ0) is 79.1. The number of amides is 6. The van der Waals surface area contributed by atoms with E-state index in [2.05, 4.69) is 116 Å². The summed E-state index contributed by atoms with van der Waals surface area (Å²) in [5, 5.41) is 19.9. The summed E-state index contributed by atoms with van der Waals surface area (Å²) in [5.74, 6) is -2.83. The number of halogens is 4. The van der Waals surface area contributed by atoms with Crippen LogP contribution in [0.5, 0.6) is 0 Å². The Kier molecular flexibility index (Phi) is 41.3. The van der Waals surface area contributed by atoms with Crippen molar-refractivity contribution in [2.24, 2.45) is 0 Å². The Bertz CT molecular complexity index is 5660. The highest BCUT2D eigenvalue weighted by Gasteiger charge is 2.50. The van der Waals surface area contributed by atoms with Gasteiger partial charge in [0.25, 0.3) is 11.8 Å². The van der Waals surface area contributed by atoms with E-state index < -0.39 is 78.5 Å². The van der Waals surface area contributed by atoms with Crippen LogP contribution in [0.4, 0.5) is 20.4 Å². The van der Waals surface area contributed by atoms with Gasteiger partial charge < -0.3 is 31.1 Å². The Morgan fingerprint density at radius 1 is 0.477 bits per heavy atom. The van der Waals surface area contributed by atoms with Gasteiger partial charge in [-0.25, -0.2) is 38.7 Å². The van der Waals surface area contributed by atoms with Crippen molar-refractivity contribution >= 4 is 344 Å². The van der Waals surface area contributed by atoms with Crippen molar-refractivity contribution in [2.45, 2.75) is 91.1 Å². The molecule has 2 fully saturated rings. The zero-order valence-corrected chi connectivity index (χ0v) is 79.5. The van der Waals surface area contributed by atoms with Gasteiger partial charge in [-0.1, -0.05) is 24.3 Å². The minimum atomic E-state index is -1.88. The number of carbonyl (C=O) groups excluding carboxylic acids is 8. The number of aryl methyl sites for hydroxylation is 2. The van der Waals surface area contributed by atoms with E-state index in [0.29, 0.717) is 42.7 Å². The number of alkyl halides is 2. The third kappa shape index (κ3) is 29.2. The van der Waals surface area contributed by atoms with Gasteiger partial charge in [-0.05, 0) is 105 Å². The van der Waals surface area contributed by atoms with Gasteiger partial charge in [0.15, 0.2) is 17.7 Å². The van der Waals surface area contributed by atoms with Gasteiger partial charge in [-0.3, -0.25) is 47.7 Å². The number of Topliss-reactive ketones (excluding diaryl/α,β-unsaturated/α-hetero) is 2. The molecule has 24 nitrogen and oxygen atoms in total. The molecule has 109 heavy (non-hydrogen) atoms. The smallest absolute Gasteiger partial charge is 0.251 e. The predicted octanol–water partition coefficient (Wildman–Crippen LogP) is 5.65. The molecule has 4 N–H and O–H groups in total. The van der Waals surface area contributed by atoms with E-state index >= 15 is 8.78 Å².